The van der Waals surface area contributed by atoms with Crippen molar-refractivity contribution in [1.82, 2.24) is 5.32 Å². The van der Waals surface area contributed by atoms with Gasteiger partial charge in [0.15, 0.2) is 0 Å². The van der Waals surface area contributed by atoms with E-state index in [-0.39, 0.29) is 18.7 Å². The summed E-state index contributed by atoms with van der Waals surface area (Å²) in [7, 11) is 0. The van der Waals surface area contributed by atoms with Crippen LogP contribution in [0.4, 0.5) is 13.2 Å². The van der Waals surface area contributed by atoms with Crippen molar-refractivity contribution in [3.8, 4) is 28.7 Å². The highest BCUT2D eigenvalue weighted by Crippen LogP contribution is 2.43. The highest BCUT2D eigenvalue weighted by Gasteiger charge is 2.31. The second-order valence-electron chi connectivity index (χ2n) is 6.78. The molecule has 0 radical (unpaired) electrons. The van der Waals surface area contributed by atoms with E-state index in [1.54, 1.807) is 6.07 Å². The van der Waals surface area contributed by atoms with E-state index in [2.05, 4.69) is 16.6 Å². The number of hydrogen-bond acceptors (Lipinski definition) is 5. The van der Waals surface area contributed by atoms with Crippen molar-refractivity contribution in [2.45, 2.75) is 31.9 Å². The molecule has 3 rings (SSSR count). The number of nitriles is 1. The Kier molecular flexibility index (Phi) is 6.51. The monoisotopic (exact) mass is 432 g/mol. The third-order valence-electron chi connectivity index (χ3n) is 4.76. The molecule has 0 bridgehead atoms. The highest BCUT2D eigenvalue weighted by atomic mass is 19.4. The predicted molar refractivity (Wildman–Crippen MR) is 105 cm³/mol. The normalized spacial score (nSPS) is 13.5. The van der Waals surface area contributed by atoms with Gasteiger partial charge in [-0.25, -0.2) is 0 Å². The Morgan fingerprint density at radius 1 is 1.39 bits per heavy atom. The number of hydrogen-bond donors (Lipinski definition) is 2. The molecule has 2 N–H and O–H groups in total. The Labute approximate surface area is 176 Å². The molecule has 0 fully saturated rings. The van der Waals surface area contributed by atoms with Crippen LogP contribution in [0.3, 0.4) is 0 Å². The molecule has 31 heavy (non-hydrogen) atoms. The number of aliphatic hydroxyl groups is 1. The Morgan fingerprint density at radius 3 is 2.71 bits per heavy atom. The summed E-state index contributed by atoms with van der Waals surface area (Å²) < 4.78 is 47.0. The van der Waals surface area contributed by atoms with Crippen molar-refractivity contribution in [1.29, 1.82) is 5.26 Å². The molecule has 6 nitrogen and oxygen atoms in total. The lowest BCUT2D eigenvalue weighted by Crippen LogP contribution is -2.22. The van der Waals surface area contributed by atoms with Crippen LogP contribution in [0.2, 0.25) is 0 Å². The second-order valence-corrected chi connectivity index (χ2v) is 6.78. The molecule has 0 aliphatic carbocycles. The molecule has 0 saturated carbocycles. The number of carbonyl (C=O) groups excluding carboxylic acids is 1. The Balaban J connectivity index is 2.07. The first-order chi connectivity index (χ1) is 14.7. The fourth-order valence-electron chi connectivity index (χ4n) is 3.52. The van der Waals surface area contributed by atoms with Gasteiger partial charge in [-0.15, -0.1) is 13.2 Å². The summed E-state index contributed by atoms with van der Waals surface area (Å²) in [6, 6.07) is 8.96. The zero-order chi connectivity index (χ0) is 22.6. The predicted octanol–water partition coefficient (Wildman–Crippen LogP) is 3.94. The molecule has 1 heterocycles. The van der Waals surface area contributed by atoms with E-state index in [1.165, 1.54) is 24.3 Å². The summed E-state index contributed by atoms with van der Waals surface area (Å²) in [4.78, 5) is 11.7. The molecular formula is C22H19F3N2O4. The zero-order valence-corrected chi connectivity index (χ0v) is 16.3. The summed E-state index contributed by atoms with van der Waals surface area (Å²) in [5.41, 5.74) is 2.97. The number of halogens is 3. The minimum absolute atomic E-state index is 0.0677. The molecular weight excluding hydrogens is 413 g/mol. The minimum atomic E-state index is -4.79. The number of aliphatic hydroxyl groups excluding tert-OH is 1. The number of amides is 1. The summed E-state index contributed by atoms with van der Waals surface area (Å²) >= 11 is 0. The van der Waals surface area contributed by atoms with Gasteiger partial charge in [-0.3, -0.25) is 4.79 Å². The van der Waals surface area contributed by atoms with E-state index in [4.69, 9.17) is 10.00 Å². The number of rotatable bonds is 7. The number of nitrogens with zero attached hydrogens (tertiary/aromatic N) is 1. The summed E-state index contributed by atoms with van der Waals surface area (Å²) in [5, 5.41) is 22.2. The smallest absolute Gasteiger partial charge is 0.492 e. The van der Waals surface area contributed by atoms with Crippen LogP contribution in [0.15, 0.2) is 43.0 Å². The van der Waals surface area contributed by atoms with E-state index in [1.807, 2.05) is 6.07 Å². The van der Waals surface area contributed by atoms with Crippen molar-refractivity contribution >= 4 is 5.91 Å². The molecule has 1 amide bonds. The van der Waals surface area contributed by atoms with Gasteiger partial charge in [0.1, 0.15) is 11.5 Å². The van der Waals surface area contributed by atoms with Gasteiger partial charge >= 0.3 is 6.36 Å². The van der Waals surface area contributed by atoms with E-state index in [9.17, 15) is 23.1 Å². The lowest BCUT2D eigenvalue weighted by atomic mass is 9.88. The van der Waals surface area contributed by atoms with Gasteiger partial charge in [-0.05, 0) is 41.0 Å². The molecule has 0 spiro atoms. The number of ether oxygens (including phenoxy) is 2. The van der Waals surface area contributed by atoms with Crippen LogP contribution in [-0.2, 0) is 17.8 Å². The quantitative estimate of drug-likeness (QED) is 0.647. The van der Waals surface area contributed by atoms with Gasteiger partial charge in [0, 0.05) is 24.1 Å². The zero-order valence-electron chi connectivity index (χ0n) is 16.3. The van der Waals surface area contributed by atoms with Gasteiger partial charge in [0.05, 0.1) is 25.2 Å². The third-order valence-corrected chi connectivity index (χ3v) is 4.76. The van der Waals surface area contributed by atoms with Crippen LogP contribution >= 0.6 is 0 Å². The summed E-state index contributed by atoms with van der Waals surface area (Å²) in [5.74, 6) is -0.267. The minimum Gasteiger partial charge on any atom is -0.492 e. The van der Waals surface area contributed by atoms with Crippen LogP contribution in [0, 0.1) is 11.3 Å². The lowest BCUT2D eigenvalue weighted by Gasteiger charge is -2.20. The standard InChI is InChI=1S/C22H19F3N2O4/c1-2-19(29)27-12-14-11-17(13-3-5-15(6-4-13)31-22(23,24)25)21-16(8-10-30-21)20(14)18(28)7-9-26/h2-6,11,18,28H,1,7-8,10,12H2,(H,27,29)/t18-/m0/s1. The summed E-state index contributed by atoms with van der Waals surface area (Å²) in [6.45, 7) is 3.82. The molecule has 1 aliphatic heterocycles. The van der Waals surface area contributed by atoms with E-state index < -0.39 is 18.4 Å². The van der Waals surface area contributed by atoms with Crippen molar-refractivity contribution in [2.75, 3.05) is 6.61 Å². The molecule has 9 heteroatoms. The Morgan fingerprint density at radius 2 is 2.10 bits per heavy atom. The van der Waals surface area contributed by atoms with E-state index in [0.717, 1.165) is 6.08 Å². The third kappa shape index (κ3) is 5.16. The number of benzene rings is 2. The maximum absolute atomic E-state index is 12.4. The van der Waals surface area contributed by atoms with Crippen LogP contribution in [0.1, 0.15) is 29.2 Å². The molecule has 162 valence electrons. The van der Waals surface area contributed by atoms with Gasteiger partial charge in [0.2, 0.25) is 5.91 Å². The average molecular weight is 432 g/mol. The van der Waals surface area contributed by atoms with Gasteiger partial charge in [-0.2, -0.15) is 5.26 Å². The fourth-order valence-corrected chi connectivity index (χ4v) is 3.52. The van der Waals surface area contributed by atoms with Crippen molar-refractivity contribution in [3.05, 3.63) is 59.7 Å². The first kappa shape index (κ1) is 22.2. The highest BCUT2D eigenvalue weighted by molar-refractivity contribution is 5.87. The van der Waals surface area contributed by atoms with E-state index >= 15 is 0 Å². The molecule has 1 atom stereocenters. The van der Waals surface area contributed by atoms with Crippen molar-refractivity contribution < 1.29 is 32.5 Å². The topological polar surface area (TPSA) is 91.6 Å². The number of carbonyl (C=O) groups is 1. The Bertz CT molecular complexity index is 1030. The first-order valence-corrected chi connectivity index (χ1v) is 9.36. The molecule has 0 unspecified atom stereocenters. The molecule has 2 aromatic carbocycles. The van der Waals surface area contributed by atoms with Gasteiger partial charge in [0.25, 0.3) is 0 Å². The van der Waals surface area contributed by atoms with Gasteiger partial charge in [-0.1, -0.05) is 18.7 Å². The van der Waals surface area contributed by atoms with Crippen molar-refractivity contribution in [2.24, 2.45) is 0 Å². The Hall–Kier alpha value is -3.51. The average Bonchev–Trinajstić information content (AvgIpc) is 3.20. The fraction of sp³-hybridized carbons (Fsp3) is 0.273. The lowest BCUT2D eigenvalue weighted by molar-refractivity contribution is -0.274. The number of fused-ring (bicyclic) bond motifs is 1. The van der Waals surface area contributed by atoms with Crippen LogP contribution in [0.5, 0.6) is 11.5 Å². The van der Waals surface area contributed by atoms with Gasteiger partial charge < -0.3 is 19.9 Å². The van der Waals surface area contributed by atoms with Crippen LogP contribution < -0.4 is 14.8 Å². The molecule has 1 aliphatic rings. The first-order valence-electron chi connectivity index (χ1n) is 9.36. The maximum atomic E-state index is 12.4. The van der Waals surface area contributed by atoms with Crippen LogP contribution in [-0.4, -0.2) is 24.0 Å². The van der Waals surface area contributed by atoms with E-state index in [0.29, 0.717) is 46.6 Å². The van der Waals surface area contributed by atoms with Crippen molar-refractivity contribution in [3.63, 3.8) is 0 Å². The summed E-state index contributed by atoms with van der Waals surface area (Å²) in [6.07, 6.45) is -4.41. The molecule has 0 aromatic heterocycles. The number of nitrogens with one attached hydrogen (secondary N) is 1. The van der Waals surface area contributed by atoms with Crippen LogP contribution in [0.25, 0.3) is 11.1 Å². The molecule has 2 aromatic rings. The number of alkyl halides is 3. The second kappa shape index (κ2) is 9.10. The molecule has 0 saturated heterocycles. The largest absolute Gasteiger partial charge is 0.573 e. The maximum Gasteiger partial charge on any atom is 0.573 e. The SMILES string of the molecule is C=CC(=O)NCc1cc(-c2ccc(OC(F)(F)F)cc2)c2c(c1[C@@H](O)CC#N)CCO2.